The number of benzene rings is 2. The molecule has 0 bridgehead atoms. The zero-order valence-electron chi connectivity index (χ0n) is 12.2. The van der Waals surface area contributed by atoms with Gasteiger partial charge in [0.1, 0.15) is 23.4 Å². The van der Waals surface area contributed by atoms with Crippen LogP contribution >= 0.6 is 11.6 Å². The molecule has 0 aliphatic heterocycles. The number of halogens is 2. The Morgan fingerprint density at radius 3 is 2.54 bits per heavy atom. The van der Waals surface area contributed by atoms with E-state index in [1.807, 2.05) is 0 Å². The second-order valence-corrected chi connectivity index (χ2v) is 7.03. The molecule has 3 rings (SSSR count). The van der Waals surface area contributed by atoms with Crippen molar-refractivity contribution in [3.63, 3.8) is 0 Å². The molecule has 1 aromatic heterocycles. The normalized spacial score (nSPS) is 11.4. The molecular formula is C15H12ClFN4O2S. The van der Waals surface area contributed by atoms with Crippen molar-refractivity contribution in [3.05, 3.63) is 71.5 Å². The van der Waals surface area contributed by atoms with Gasteiger partial charge in [0.25, 0.3) is 10.0 Å². The van der Waals surface area contributed by atoms with E-state index in [0.29, 0.717) is 12.2 Å². The lowest BCUT2D eigenvalue weighted by atomic mass is 10.2. The molecular weight excluding hydrogens is 355 g/mol. The predicted molar refractivity (Wildman–Crippen MR) is 87.8 cm³/mol. The number of anilines is 1. The van der Waals surface area contributed by atoms with Gasteiger partial charge >= 0.3 is 0 Å². The first-order valence-corrected chi connectivity index (χ1v) is 8.69. The third-order valence-corrected chi connectivity index (χ3v) is 5.06. The molecule has 0 amide bonds. The Hall–Kier alpha value is -2.45. The van der Waals surface area contributed by atoms with Crippen LogP contribution in [0.2, 0.25) is 5.02 Å². The zero-order valence-corrected chi connectivity index (χ0v) is 13.8. The van der Waals surface area contributed by atoms with Crippen molar-refractivity contribution in [2.24, 2.45) is 0 Å². The summed E-state index contributed by atoms with van der Waals surface area (Å²) in [7, 11) is -3.90. The fraction of sp³-hybridized carbons (Fsp3) is 0.0667. The van der Waals surface area contributed by atoms with E-state index in [-0.39, 0.29) is 9.92 Å². The third-order valence-electron chi connectivity index (χ3n) is 3.20. The summed E-state index contributed by atoms with van der Waals surface area (Å²) in [6.07, 6.45) is 3.03. The number of hydrogen-bond donors (Lipinski definition) is 1. The molecule has 1 N–H and O–H groups in total. The Morgan fingerprint density at radius 2 is 1.92 bits per heavy atom. The first kappa shape index (κ1) is 16.4. The Balaban J connectivity index is 1.77. The Labute approximate surface area is 143 Å². The average Bonchev–Trinajstić information content (AvgIpc) is 3.01. The molecule has 0 atom stereocenters. The number of hydrogen-bond acceptors (Lipinski definition) is 4. The molecule has 0 unspecified atom stereocenters. The summed E-state index contributed by atoms with van der Waals surface area (Å²) in [5.41, 5.74) is 1.31. The van der Waals surface area contributed by atoms with Crippen LogP contribution in [-0.2, 0) is 16.6 Å². The first-order chi connectivity index (χ1) is 11.4. The molecule has 24 heavy (non-hydrogen) atoms. The Morgan fingerprint density at radius 1 is 1.17 bits per heavy atom. The van der Waals surface area contributed by atoms with E-state index in [0.717, 1.165) is 23.8 Å². The minimum atomic E-state index is -3.90. The molecule has 0 aliphatic carbocycles. The summed E-state index contributed by atoms with van der Waals surface area (Å²) >= 11 is 5.81. The highest BCUT2D eigenvalue weighted by Crippen LogP contribution is 2.24. The van der Waals surface area contributed by atoms with Crippen LogP contribution in [0.25, 0.3) is 0 Å². The molecule has 124 valence electrons. The molecule has 0 spiro atoms. The van der Waals surface area contributed by atoms with Crippen LogP contribution in [0.4, 0.5) is 10.1 Å². The summed E-state index contributed by atoms with van der Waals surface area (Å²) in [6.45, 7) is 0.525. The lowest BCUT2D eigenvalue weighted by molar-refractivity contribution is 0.600. The van der Waals surface area contributed by atoms with Gasteiger partial charge in [-0.3, -0.25) is 4.72 Å². The van der Waals surface area contributed by atoms with Gasteiger partial charge < -0.3 is 0 Å². The molecule has 2 aromatic carbocycles. The number of nitrogens with one attached hydrogen (secondary N) is 1. The van der Waals surface area contributed by atoms with Gasteiger partial charge in [-0.15, -0.1) is 0 Å². The summed E-state index contributed by atoms with van der Waals surface area (Å²) in [5.74, 6) is -0.601. The van der Waals surface area contributed by atoms with E-state index in [1.54, 1.807) is 35.3 Å². The molecule has 3 aromatic rings. The molecule has 0 saturated heterocycles. The van der Waals surface area contributed by atoms with Crippen LogP contribution in [0.3, 0.4) is 0 Å². The van der Waals surface area contributed by atoms with Crippen molar-refractivity contribution in [2.45, 2.75) is 11.4 Å². The smallest absolute Gasteiger partial charge is 0.263 e. The van der Waals surface area contributed by atoms with Gasteiger partial charge in [0.2, 0.25) is 0 Å². The maximum Gasteiger partial charge on any atom is 0.263 e. The molecule has 0 radical (unpaired) electrons. The molecule has 0 fully saturated rings. The van der Waals surface area contributed by atoms with Gasteiger partial charge in [0.15, 0.2) is 0 Å². The highest BCUT2D eigenvalue weighted by molar-refractivity contribution is 7.92. The Bertz CT molecular complexity index is 944. The lowest BCUT2D eigenvalue weighted by Crippen LogP contribution is -2.13. The minimum Gasteiger partial charge on any atom is -0.280 e. The summed E-state index contributed by atoms with van der Waals surface area (Å²) < 4.78 is 41.8. The van der Waals surface area contributed by atoms with Crippen molar-refractivity contribution in [3.8, 4) is 0 Å². The molecule has 6 nitrogen and oxygen atoms in total. The van der Waals surface area contributed by atoms with Crippen LogP contribution in [0.15, 0.2) is 60.0 Å². The highest BCUT2D eigenvalue weighted by atomic mass is 35.5. The Kier molecular flexibility index (Phi) is 4.50. The van der Waals surface area contributed by atoms with E-state index in [9.17, 15) is 12.8 Å². The highest BCUT2D eigenvalue weighted by Gasteiger charge is 2.18. The van der Waals surface area contributed by atoms with E-state index in [2.05, 4.69) is 14.8 Å². The van der Waals surface area contributed by atoms with Gasteiger partial charge in [-0.25, -0.2) is 22.5 Å². The van der Waals surface area contributed by atoms with Crippen molar-refractivity contribution >= 4 is 27.3 Å². The van der Waals surface area contributed by atoms with Gasteiger partial charge in [-0.2, -0.15) is 5.10 Å². The van der Waals surface area contributed by atoms with Crippen LogP contribution in [-0.4, -0.2) is 23.2 Å². The van der Waals surface area contributed by atoms with Crippen LogP contribution in [0, 0.1) is 5.82 Å². The number of nitrogens with zero attached hydrogens (tertiary/aromatic N) is 3. The fourth-order valence-electron chi connectivity index (χ4n) is 2.08. The largest absolute Gasteiger partial charge is 0.280 e. The van der Waals surface area contributed by atoms with Crippen molar-refractivity contribution in [1.82, 2.24) is 14.8 Å². The summed E-state index contributed by atoms with van der Waals surface area (Å²) in [6, 6.07) is 9.91. The lowest BCUT2D eigenvalue weighted by Gasteiger charge is -2.10. The quantitative estimate of drug-likeness (QED) is 0.753. The molecule has 0 saturated carbocycles. The van der Waals surface area contributed by atoms with E-state index >= 15 is 0 Å². The molecule has 0 aliphatic rings. The van der Waals surface area contributed by atoms with Crippen LogP contribution in [0.5, 0.6) is 0 Å². The van der Waals surface area contributed by atoms with Crippen molar-refractivity contribution in [2.75, 3.05) is 4.72 Å². The van der Waals surface area contributed by atoms with Gasteiger partial charge in [-0.1, -0.05) is 23.7 Å². The summed E-state index contributed by atoms with van der Waals surface area (Å²) in [5, 5.41) is 3.82. The standard InChI is InChI=1S/C15H12ClFN4O2S/c16-14-7-12(17)3-6-15(14)24(22,23)20-13-4-1-11(2-5-13)8-21-10-18-9-19-21/h1-7,9-10,20H,8H2. The maximum absolute atomic E-state index is 13.1. The maximum atomic E-state index is 13.1. The van der Waals surface area contributed by atoms with Crippen LogP contribution in [0.1, 0.15) is 5.56 Å². The van der Waals surface area contributed by atoms with E-state index in [1.165, 1.54) is 6.33 Å². The average molecular weight is 367 g/mol. The topological polar surface area (TPSA) is 76.9 Å². The predicted octanol–water partition coefficient (Wildman–Crippen LogP) is 2.92. The first-order valence-electron chi connectivity index (χ1n) is 6.83. The number of aromatic nitrogens is 3. The third kappa shape index (κ3) is 3.72. The zero-order chi connectivity index (χ0) is 17.2. The number of rotatable bonds is 5. The van der Waals surface area contributed by atoms with Gasteiger partial charge in [0.05, 0.1) is 11.6 Å². The van der Waals surface area contributed by atoms with E-state index in [4.69, 9.17) is 11.6 Å². The van der Waals surface area contributed by atoms with Crippen LogP contribution < -0.4 is 4.72 Å². The monoisotopic (exact) mass is 366 g/mol. The fourth-order valence-corrected chi connectivity index (χ4v) is 3.67. The van der Waals surface area contributed by atoms with Crippen molar-refractivity contribution < 1.29 is 12.8 Å². The van der Waals surface area contributed by atoms with E-state index < -0.39 is 15.8 Å². The second kappa shape index (κ2) is 6.58. The van der Waals surface area contributed by atoms with Gasteiger partial charge in [0, 0.05) is 5.69 Å². The number of sulfonamides is 1. The summed E-state index contributed by atoms with van der Waals surface area (Å²) in [4.78, 5) is 3.67. The minimum absolute atomic E-state index is 0.176. The van der Waals surface area contributed by atoms with Crippen molar-refractivity contribution in [1.29, 1.82) is 0 Å². The molecule has 1 heterocycles. The van der Waals surface area contributed by atoms with Gasteiger partial charge in [-0.05, 0) is 35.9 Å². The second-order valence-electron chi connectivity index (χ2n) is 4.97. The molecule has 9 heteroatoms. The SMILES string of the molecule is O=S(=O)(Nc1ccc(Cn2cncn2)cc1)c1ccc(F)cc1Cl.